The zero-order chi connectivity index (χ0) is 15.5. The van der Waals surface area contributed by atoms with Crippen molar-refractivity contribution in [2.24, 2.45) is 0 Å². The largest absolute Gasteiger partial charge is 0.324 e. The smallest absolute Gasteiger partial charge is 0.314 e. The number of benzene rings is 1. The van der Waals surface area contributed by atoms with E-state index in [9.17, 15) is 15.5 Å². The maximum Gasteiger partial charge on any atom is 0.314 e. The van der Waals surface area contributed by atoms with Crippen molar-refractivity contribution in [3.05, 3.63) is 29.8 Å². The van der Waals surface area contributed by atoms with Crippen LogP contribution in [0.5, 0.6) is 0 Å². The molecule has 0 aliphatic carbocycles. The van der Waals surface area contributed by atoms with Crippen LogP contribution in [-0.4, -0.2) is 13.2 Å². The first-order valence-electron chi connectivity index (χ1n) is 5.68. The van der Waals surface area contributed by atoms with Crippen LogP contribution < -0.4 is 5.30 Å². The van der Waals surface area contributed by atoms with Crippen LogP contribution in [0, 0.1) is 11.3 Å². The summed E-state index contributed by atoms with van der Waals surface area (Å²) in [5.41, 5.74) is 0.174. The standard InChI is InChI=1S/C11H14F4NO2PS/c1-3-17-19(18-4-2,20(12,13,14)15)11-7-5-10(9-16)6-8-11/h5-8H,3-4H2,1-2H3. The van der Waals surface area contributed by atoms with Gasteiger partial charge in [-0.3, -0.25) is 0 Å². The monoisotopic (exact) mass is 331 g/mol. The highest BCUT2D eigenvalue weighted by Crippen LogP contribution is 2.67. The molecule has 3 nitrogen and oxygen atoms in total. The van der Waals surface area contributed by atoms with Crippen LogP contribution in [0.4, 0.5) is 15.5 Å². The van der Waals surface area contributed by atoms with Gasteiger partial charge in [0.05, 0.1) is 24.8 Å². The minimum atomic E-state index is -7.87. The summed E-state index contributed by atoms with van der Waals surface area (Å²) in [6, 6.07) is 6.21. The Bertz CT molecular complexity index is 587. The van der Waals surface area contributed by atoms with Crippen LogP contribution in [-0.2, 0) is 18.9 Å². The molecule has 20 heavy (non-hydrogen) atoms. The average Bonchev–Trinajstić information content (AvgIpc) is 2.36. The van der Waals surface area contributed by atoms with E-state index in [0.29, 0.717) is 0 Å². The molecule has 0 bridgehead atoms. The molecule has 0 heterocycles. The van der Waals surface area contributed by atoms with Crippen LogP contribution in [0.2, 0.25) is 0 Å². The van der Waals surface area contributed by atoms with Gasteiger partial charge in [-0.2, -0.15) is 5.26 Å². The van der Waals surface area contributed by atoms with E-state index in [4.69, 9.17) is 14.3 Å². The van der Waals surface area contributed by atoms with E-state index in [0.717, 1.165) is 12.1 Å². The van der Waals surface area contributed by atoms with Gasteiger partial charge in [0.25, 0.3) is 6.49 Å². The fourth-order valence-corrected chi connectivity index (χ4v) is 6.68. The highest BCUT2D eigenvalue weighted by Gasteiger charge is 2.49. The van der Waals surface area contributed by atoms with Gasteiger partial charge in [-0.25, -0.2) is 0 Å². The third-order valence-electron chi connectivity index (χ3n) is 2.27. The number of hydrogen-bond donors (Lipinski definition) is 0. The molecule has 0 aromatic heterocycles. The van der Waals surface area contributed by atoms with Crippen molar-refractivity contribution in [2.45, 2.75) is 13.8 Å². The number of hydrogen-bond acceptors (Lipinski definition) is 3. The zero-order valence-corrected chi connectivity index (χ0v) is 12.6. The molecule has 1 aromatic rings. The predicted octanol–water partition coefficient (Wildman–Crippen LogP) is 4.25. The van der Waals surface area contributed by atoms with Crippen LogP contribution in [0.25, 0.3) is 0 Å². The molecular formula is C11H14F4NO2PS. The quantitative estimate of drug-likeness (QED) is 0.598. The van der Waals surface area contributed by atoms with Gasteiger partial charge in [-0.1, -0.05) is 0 Å². The van der Waals surface area contributed by atoms with Gasteiger partial charge < -0.3 is 9.05 Å². The van der Waals surface area contributed by atoms with Crippen molar-refractivity contribution in [3.63, 3.8) is 0 Å². The predicted molar refractivity (Wildman–Crippen MR) is 72.8 cm³/mol. The second-order valence-corrected chi connectivity index (χ2v) is 10.00. The third-order valence-corrected chi connectivity index (χ3v) is 8.57. The van der Waals surface area contributed by atoms with Gasteiger partial charge in [-0.15, -0.1) is 15.5 Å². The topological polar surface area (TPSA) is 42.2 Å². The molecular weight excluding hydrogens is 317 g/mol. The zero-order valence-electron chi connectivity index (χ0n) is 10.9. The van der Waals surface area contributed by atoms with Crippen molar-refractivity contribution in [3.8, 4) is 6.07 Å². The summed E-state index contributed by atoms with van der Waals surface area (Å²) in [5, 5.41) is 8.25. The van der Waals surface area contributed by atoms with Gasteiger partial charge in [0, 0.05) is 5.30 Å². The molecule has 0 radical (unpaired) electrons. The van der Waals surface area contributed by atoms with Gasteiger partial charge in [0.1, 0.15) is 0 Å². The number of rotatable bonds is 5. The summed E-state index contributed by atoms with van der Waals surface area (Å²) in [7, 11) is -7.87. The maximum absolute atomic E-state index is 13.5. The molecule has 9 heteroatoms. The lowest BCUT2D eigenvalue weighted by Gasteiger charge is -2.31. The van der Waals surface area contributed by atoms with Gasteiger partial charge in [0.2, 0.25) is 0 Å². The lowest BCUT2D eigenvalue weighted by Crippen LogP contribution is -2.21. The minimum absolute atomic E-state index is 0.174. The highest BCUT2D eigenvalue weighted by molar-refractivity contribution is 8.42. The van der Waals surface area contributed by atoms with E-state index in [-0.39, 0.29) is 18.8 Å². The fourth-order valence-electron chi connectivity index (χ4n) is 1.56. The molecule has 0 spiro atoms. The molecule has 114 valence electrons. The van der Waals surface area contributed by atoms with E-state index in [1.54, 1.807) is 6.07 Å². The number of nitrogens with zero attached hydrogens (tertiary/aromatic N) is 1. The lowest BCUT2D eigenvalue weighted by atomic mass is 10.2. The Hall–Kier alpha value is -0.870. The minimum Gasteiger partial charge on any atom is -0.324 e. The Morgan fingerprint density at radius 2 is 1.50 bits per heavy atom. The summed E-state index contributed by atoms with van der Waals surface area (Å²) in [6.45, 7) is -2.82. The van der Waals surface area contributed by atoms with Crippen molar-refractivity contribution >= 4 is 21.7 Å². The SMILES string of the molecule is CCOP(OCC)(c1ccc(C#N)cc1)=S(F)(F)(F)F. The Balaban J connectivity index is 3.70. The molecule has 0 saturated carbocycles. The molecule has 0 saturated heterocycles. The summed E-state index contributed by atoms with van der Waals surface area (Å²) in [4.78, 5) is 0. The second-order valence-electron chi connectivity index (χ2n) is 3.62. The van der Waals surface area contributed by atoms with Crippen molar-refractivity contribution in [1.82, 2.24) is 0 Å². The van der Waals surface area contributed by atoms with Gasteiger partial charge >= 0.3 is 9.88 Å². The number of halogens is 4. The Morgan fingerprint density at radius 1 is 1.05 bits per heavy atom. The van der Waals surface area contributed by atoms with Crippen molar-refractivity contribution in [2.75, 3.05) is 13.2 Å². The van der Waals surface area contributed by atoms with E-state index < -0.39 is 21.7 Å². The summed E-state index contributed by atoms with van der Waals surface area (Å²) < 4.78 is 63.4. The van der Waals surface area contributed by atoms with E-state index in [1.165, 1.54) is 26.0 Å². The van der Waals surface area contributed by atoms with Crippen molar-refractivity contribution < 1.29 is 24.6 Å². The summed E-state index contributed by atoms with van der Waals surface area (Å²) >= 11 is 0. The van der Waals surface area contributed by atoms with Gasteiger partial charge in [-0.05, 0) is 38.1 Å². The molecule has 0 aliphatic heterocycles. The lowest BCUT2D eigenvalue weighted by molar-refractivity contribution is 0.269. The normalized spacial score (nSPS) is 14.3. The van der Waals surface area contributed by atoms with E-state index in [1.807, 2.05) is 0 Å². The van der Waals surface area contributed by atoms with E-state index in [2.05, 4.69) is 0 Å². The molecule has 1 rings (SSSR count). The molecule has 0 N–H and O–H groups in total. The third kappa shape index (κ3) is 3.23. The van der Waals surface area contributed by atoms with Crippen LogP contribution in [0.1, 0.15) is 19.4 Å². The van der Waals surface area contributed by atoms with E-state index >= 15 is 0 Å². The van der Waals surface area contributed by atoms with Crippen LogP contribution in [0.3, 0.4) is 0 Å². The van der Waals surface area contributed by atoms with Crippen molar-refractivity contribution in [1.29, 1.82) is 5.26 Å². The molecule has 0 unspecified atom stereocenters. The highest BCUT2D eigenvalue weighted by atomic mass is 32.7. The first-order chi connectivity index (χ1) is 9.17. The Labute approximate surface area is 115 Å². The second kappa shape index (κ2) is 5.86. The van der Waals surface area contributed by atoms with Crippen LogP contribution in [0.15, 0.2) is 24.3 Å². The molecule has 0 atom stereocenters. The molecule has 1 aromatic carbocycles. The average molecular weight is 331 g/mol. The molecule has 0 fully saturated rings. The summed E-state index contributed by atoms with van der Waals surface area (Å²) in [6.07, 6.45) is 0. The fraction of sp³-hybridized carbons (Fsp3) is 0.364. The maximum atomic E-state index is 13.5. The molecule has 0 aliphatic rings. The Morgan fingerprint density at radius 3 is 1.80 bits per heavy atom. The number of nitriles is 1. The first-order valence-corrected chi connectivity index (χ1v) is 9.55. The molecule has 0 amide bonds. The van der Waals surface area contributed by atoms with Gasteiger partial charge in [0.15, 0.2) is 0 Å². The van der Waals surface area contributed by atoms with Crippen LogP contribution >= 0.6 is 6.49 Å². The Kier molecular flexibility index (Phi) is 5.03. The first kappa shape index (κ1) is 17.2. The summed E-state index contributed by atoms with van der Waals surface area (Å²) in [5.74, 6) is 0.